The first-order chi connectivity index (χ1) is 12.2. The largest absolute Gasteiger partial charge is 0.497 e. The van der Waals surface area contributed by atoms with E-state index in [-0.39, 0.29) is 11.7 Å². The van der Waals surface area contributed by atoms with Crippen molar-refractivity contribution in [3.05, 3.63) is 53.6 Å². The standard InChI is InChI=1S/C17H14ClN3O3S/c1-23-12-8-6-11(7-9-12)19-15(22)10-25-17-21-20-16(24-17)13-4-2-3-5-14(13)18/h2-9H,10H2,1H3,(H,19,22). The third-order valence-corrected chi connectivity index (χ3v) is 4.36. The van der Waals surface area contributed by atoms with Gasteiger partial charge in [0, 0.05) is 5.69 Å². The predicted molar refractivity (Wildman–Crippen MR) is 97.1 cm³/mol. The molecule has 0 saturated carbocycles. The number of aromatic nitrogens is 2. The van der Waals surface area contributed by atoms with Crippen LogP contribution < -0.4 is 10.1 Å². The van der Waals surface area contributed by atoms with Crippen molar-refractivity contribution in [1.82, 2.24) is 10.2 Å². The van der Waals surface area contributed by atoms with Crippen LogP contribution >= 0.6 is 23.4 Å². The number of carbonyl (C=O) groups is 1. The Hall–Kier alpha value is -2.51. The zero-order chi connectivity index (χ0) is 17.6. The maximum absolute atomic E-state index is 12.0. The molecular weight excluding hydrogens is 362 g/mol. The quantitative estimate of drug-likeness (QED) is 0.653. The summed E-state index contributed by atoms with van der Waals surface area (Å²) in [6.07, 6.45) is 0. The van der Waals surface area contributed by atoms with Gasteiger partial charge < -0.3 is 14.5 Å². The van der Waals surface area contributed by atoms with E-state index in [0.29, 0.717) is 27.4 Å². The van der Waals surface area contributed by atoms with Gasteiger partial charge in [-0.15, -0.1) is 10.2 Å². The number of methoxy groups -OCH3 is 1. The van der Waals surface area contributed by atoms with Gasteiger partial charge in [-0.25, -0.2) is 0 Å². The molecule has 1 heterocycles. The van der Waals surface area contributed by atoms with E-state index in [9.17, 15) is 4.79 Å². The molecule has 0 fully saturated rings. The highest BCUT2D eigenvalue weighted by Crippen LogP contribution is 2.28. The minimum atomic E-state index is -0.173. The Balaban J connectivity index is 1.56. The number of nitrogens with one attached hydrogen (secondary N) is 1. The van der Waals surface area contributed by atoms with Crippen molar-refractivity contribution < 1.29 is 13.9 Å². The molecule has 0 aliphatic carbocycles. The van der Waals surface area contributed by atoms with Crippen molar-refractivity contribution in [2.24, 2.45) is 0 Å². The lowest BCUT2D eigenvalue weighted by atomic mass is 10.2. The van der Waals surface area contributed by atoms with Gasteiger partial charge in [0.15, 0.2) is 0 Å². The SMILES string of the molecule is COc1ccc(NC(=O)CSc2nnc(-c3ccccc3Cl)o2)cc1. The number of anilines is 1. The molecule has 0 bridgehead atoms. The number of benzene rings is 2. The third-order valence-electron chi connectivity index (χ3n) is 3.21. The second kappa shape index (κ2) is 8.04. The Bertz CT molecular complexity index is 868. The summed E-state index contributed by atoms with van der Waals surface area (Å²) in [5.41, 5.74) is 1.35. The van der Waals surface area contributed by atoms with E-state index in [1.54, 1.807) is 43.5 Å². The van der Waals surface area contributed by atoms with E-state index in [2.05, 4.69) is 15.5 Å². The minimum Gasteiger partial charge on any atom is -0.497 e. The van der Waals surface area contributed by atoms with Crippen molar-refractivity contribution in [3.63, 3.8) is 0 Å². The minimum absolute atomic E-state index is 0.149. The molecule has 6 nitrogen and oxygen atoms in total. The van der Waals surface area contributed by atoms with Gasteiger partial charge in [0.25, 0.3) is 5.22 Å². The fourth-order valence-corrected chi connectivity index (χ4v) is 2.79. The van der Waals surface area contributed by atoms with Gasteiger partial charge in [0.1, 0.15) is 5.75 Å². The lowest BCUT2D eigenvalue weighted by Crippen LogP contribution is -2.13. The fraction of sp³-hybridized carbons (Fsp3) is 0.118. The summed E-state index contributed by atoms with van der Waals surface area (Å²) < 4.78 is 10.6. The van der Waals surface area contributed by atoms with E-state index < -0.39 is 0 Å². The van der Waals surface area contributed by atoms with Gasteiger partial charge in [-0.05, 0) is 36.4 Å². The van der Waals surface area contributed by atoms with Crippen LogP contribution in [-0.2, 0) is 4.79 Å². The topological polar surface area (TPSA) is 77.2 Å². The summed E-state index contributed by atoms with van der Waals surface area (Å²) in [6, 6.07) is 14.3. The summed E-state index contributed by atoms with van der Waals surface area (Å²) >= 11 is 7.26. The summed E-state index contributed by atoms with van der Waals surface area (Å²) in [4.78, 5) is 12.0. The lowest BCUT2D eigenvalue weighted by molar-refractivity contribution is -0.113. The average Bonchev–Trinajstić information content (AvgIpc) is 3.10. The van der Waals surface area contributed by atoms with Gasteiger partial charge in [-0.1, -0.05) is 35.5 Å². The maximum atomic E-state index is 12.0. The molecule has 0 unspecified atom stereocenters. The van der Waals surface area contributed by atoms with Crippen molar-refractivity contribution in [1.29, 1.82) is 0 Å². The Kier molecular flexibility index (Phi) is 5.57. The molecular formula is C17H14ClN3O3S. The maximum Gasteiger partial charge on any atom is 0.277 e. The van der Waals surface area contributed by atoms with Gasteiger partial charge >= 0.3 is 0 Å². The molecule has 128 valence electrons. The van der Waals surface area contributed by atoms with Crippen molar-refractivity contribution in [2.75, 3.05) is 18.2 Å². The van der Waals surface area contributed by atoms with E-state index in [0.717, 1.165) is 17.5 Å². The molecule has 0 spiro atoms. The zero-order valence-electron chi connectivity index (χ0n) is 13.2. The molecule has 0 saturated heterocycles. The normalized spacial score (nSPS) is 10.5. The number of halogens is 1. The summed E-state index contributed by atoms with van der Waals surface area (Å²) in [6.45, 7) is 0. The molecule has 0 radical (unpaired) electrons. The number of hydrogen-bond donors (Lipinski definition) is 1. The van der Waals surface area contributed by atoms with Crippen LogP contribution in [0.2, 0.25) is 5.02 Å². The van der Waals surface area contributed by atoms with Crippen molar-refractivity contribution >= 4 is 35.0 Å². The molecule has 0 aliphatic rings. The fourth-order valence-electron chi connectivity index (χ4n) is 2.01. The number of thioether (sulfide) groups is 1. The summed E-state index contributed by atoms with van der Waals surface area (Å²) in [7, 11) is 1.59. The lowest BCUT2D eigenvalue weighted by Gasteiger charge is -2.05. The highest BCUT2D eigenvalue weighted by Gasteiger charge is 2.13. The third kappa shape index (κ3) is 4.52. The van der Waals surface area contributed by atoms with E-state index in [1.807, 2.05) is 12.1 Å². The number of hydrogen-bond acceptors (Lipinski definition) is 6. The predicted octanol–water partition coefficient (Wildman–Crippen LogP) is 4.13. The number of ether oxygens (including phenoxy) is 1. The second-order valence-electron chi connectivity index (χ2n) is 4.92. The highest BCUT2D eigenvalue weighted by molar-refractivity contribution is 7.99. The number of amides is 1. The zero-order valence-corrected chi connectivity index (χ0v) is 14.8. The number of nitrogens with zero attached hydrogens (tertiary/aromatic N) is 2. The molecule has 1 amide bonds. The smallest absolute Gasteiger partial charge is 0.277 e. The van der Waals surface area contributed by atoms with Gasteiger partial charge in [0.2, 0.25) is 11.8 Å². The number of carbonyl (C=O) groups excluding carboxylic acids is 1. The molecule has 2 aromatic carbocycles. The van der Waals surface area contributed by atoms with Crippen LogP contribution in [0, 0.1) is 0 Å². The van der Waals surface area contributed by atoms with Crippen LogP contribution in [0.4, 0.5) is 5.69 Å². The molecule has 0 atom stereocenters. The first-order valence-electron chi connectivity index (χ1n) is 7.31. The van der Waals surface area contributed by atoms with Gasteiger partial charge in [-0.3, -0.25) is 4.79 Å². The van der Waals surface area contributed by atoms with Gasteiger partial charge in [0.05, 0.1) is 23.4 Å². The molecule has 1 aromatic heterocycles. The second-order valence-corrected chi connectivity index (χ2v) is 6.25. The summed E-state index contributed by atoms with van der Waals surface area (Å²) in [5, 5.41) is 11.5. The number of rotatable bonds is 6. The Morgan fingerprint density at radius 3 is 2.68 bits per heavy atom. The first kappa shape index (κ1) is 17.3. The molecule has 8 heteroatoms. The van der Waals surface area contributed by atoms with Crippen molar-refractivity contribution in [2.45, 2.75) is 5.22 Å². The van der Waals surface area contributed by atoms with E-state index in [1.165, 1.54) is 0 Å². The van der Waals surface area contributed by atoms with Crippen LogP contribution in [0.5, 0.6) is 5.75 Å². The molecule has 25 heavy (non-hydrogen) atoms. The first-order valence-corrected chi connectivity index (χ1v) is 8.67. The van der Waals surface area contributed by atoms with Crippen LogP contribution in [-0.4, -0.2) is 29.0 Å². The van der Waals surface area contributed by atoms with Gasteiger partial charge in [-0.2, -0.15) is 0 Å². The monoisotopic (exact) mass is 375 g/mol. The highest BCUT2D eigenvalue weighted by atomic mass is 35.5. The Labute approximate surface area is 153 Å². The van der Waals surface area contributed by atoms with Crippen LogP contribution in [0.3, 0.4) is 0 Å². The Morgan fingerprint density at radius 1 is 1.20 bits per heavy atom. The average molecular weight is 376 g/mol. The molecule has 1 N–H and O–H groups in total. The molecule has 3 aromatic rings. The Morgan fingerprint density at radius 2 is 1.96 bits per heavy atom. The van der Waals surface area contributed by atoms with E-state index >= 15 is 0 Å². The summed E-state index contributed by atoms with van der Waals surface area (Å²) in [5.74, 6) is 1.03. The van der Waals surface area contributed by atoms with Crippen molar-refractivity contribution in [3.8, 4) is 17.2 Å². The van der Waals surface area contributed by atoms with Crippen LogP contribution in [0.1, 0.15) is 0 Å². The molecule has 3 rings (SSSR count). The van der Waals surface area contributed by atoms with Crippen LogP contribution in [0.15, 0.2) is 58.2 Å². The molecule has 0 aliphatic heterocycles. The van der Waals surface area contributed by atoms with E-state index in [4.69, 9.17) is 20.8 Å². The van der Waals surface area contributed by atoms with Crippen LogP contribution in [0.25, 0.3) is 11.5 Å².